The predicted molar refractivity (Wildman–Crippen MR) is 94.2 cm³/mol. The fourth-order valence-electron chi connectivity index (χ4n) is 2.29. The minimum absolute atomic E-state index is 0.0470. The molecule has 4 nitrogen and oxygen atoms in total. The highest BCUT2D eigenvalue weighted by Crippen LogP contribution is 2.30. The van der Waals surface area contributed by atoms with Crippen molar-refractivity contribution in [1.82, 2.24) is 5.32 Å². The van der Waals surface area contributed by atoms with Crippen LogP contribution in [0.3, 0.4) is 0 Å². The van der Waals surface area contributed by atoms with Gasteiger partial charge in [0.2, 0.25) is 0 Å². The van der Waals surface area contributed by atoms with Gasteiger partial charge in [-0.15, -0.1) is 0 Å². The number of rotatable bonds is 5. The summed E-state index contributed by atoms with van der Waals surface area (Å²) >= 11 is 0. The van der Waals surface area contributed by atoms with Crippen LogP contribution in [-0.2, 0) is 6.18 Å². The number of anilines is 1. The lowest BCUT2D eigenvalue weighted by molar-refractivity contribution is -0.137. The van der Waals surface area contributed by atoms with Crippen LogP contribution >= 0.6 is 0 Å². The topological polar surface area (TPSA) is 50.4 Å². The first-order valence-electron chi connectivity index (χ1n) is 8.16. The van der Waals surface area contributed by atoms with Crippen molar-refractivity contribution in [1.29, 1.82) is 0 Å². The zero-order chi connectivity index (χ0) is 19.3. The van der Waals surface area contributed by atoms with E-state index < -0.39 is 24.0 Å². The van der Waals surface area contributed by atoms with E-state index in [4.69, 9.17) is 4.74 Å². The van der Waals surface area contributed by atoms with Crippen molar-refractivity contribution in [3.8, 4) is 5.75 Å². The highest BCUT2D eigenvalue weighted by Gasteiger charge is 2.30. The van der Waals surface area contributed by atoms with Crippen LogP contribution in [0.2, 0.25) is 0 Å². The lowest BCUT2D eigenvalue weighted by Crippen LogP contribution is -2.39. The molecular weight excluding hydrogens is 345 g/mol. The van der Waals surface area contributed by atoms with Crippen LogP contribution < -0.4 is 15.4 Å². The number of urea groups is 1. The first-order chi connectivity index (χ1) is 12.1. The number of ether oxygens (including phenoxy) is 1. The summed E-state index contributed by atoms with van der Waals surface area (Å²) < 4.78 is 43.6. The Morgan fingerprint density at radius 2 is 1.69 bits per heavy atom. The van der Waals surface area contributed by atoms with Crippen molar-refractivity contribution in [2.24, 2.45) is 0 Å². The van der Waals surface area contributed by atoms with Gasteiger partial charge in [-0.1, -0.05) is 32.0 Å². The molecule has 0 saturated heterocycles. The molecule has 26 heavy (non-hydrogen) atoms. The molecule has 0 aromatic heterocycles. The predicted octanol–water partition coefficient (Wildman–Crippen LogP) is 5.38. The van der Waals surface area contributed by atoms with Gasteiger partial charge in [-0.05, 0) is 48.7 Å². The molecule has 2 N–H and O–H groups in total. The van der Waals surface area contributed by atoms with Crippen LogP contribution in [0.15, 0.2) is 48.5 Å². The van der Waals surface area contributed by atoms with E-state index in [0.29, 0.717) is 11.7 Å². The summed E-state index contributed by atoms with van der Waals surface area (Å²) in [7, 11) is 0. The van der Waals surface area contributed by atoms with Crippen molar-refractivity contribution in [2.45, 2.75) is 39.1 Å². The van der Waals surface area contributed by atoms with Crippen LogP contribution in [0.5, 0.6) is 5.75 Å². The summed E-state index contributed by atoms with van der Waals surface area (Å²) in [5.41, 5.74) is 0.385. The van der Waals surface area contributed by atoms with Crippen molar-refractivity contribution < 1.29 is 22.7 Å². The molecule has 0 bridgehead atoms. The van der Waals surface area contributed by atoms with E-state index in [2.05, 4.69) is 24.5 Å². The van der Waals surface area contributed by atoms with E-state index >= 15 is 0 Å². The number of carbonyl (C=O) groups is 1. The second-order valence-corrected chi connectivity index (χ2v) is 6.16. The molecule has 0 spiro atoms. The van der Waals surface area contributed by atoms with Crippen molar-refractivity contribution in [2.75, 3.05) is 5.32 Å². The van der Waals surface area contributed by atoms with Gasteiger partial charge in [-0.3, -0.25) is 0 Å². The molecule has 0 aliphatic carbocycles. The van der Waals surface area contributed by atoms with Crippen LogP contribution in [0.1, 0.15) is 37.8 Å². The summed E-state index contributed by atoms with van der Waals surface area (Å²) in [4.78, 5) is 11.9. The van der Waals surface area contributed by atoms with Crippen LogP contribution in [0.25, 0.3) is 0 Å². The van der Waals surface area contributed by atoms with E-state index in [1.165, 1.54) is 17.7 Å². The Bertz CT molecular complexity index is 743. The molecular formula is C19H21F3N2O2. The minimum atomic E-state index is -4.47. The third-order valence-corrected chi connectivity index (χ3v) is 3.64. The number of hydrogen-bond donors (Lipinski definition) is 2. The Morgan fingerprint density at radius 1 is 1.04 bits per heavy atom. The largest absolute Gasteiger partial charge is 0.471 e. The molecule has 1 unspecified atom stereocenters. The molecule has 7 heteroatoms. The maximum Gasteiger partial charge on any atom is 0.416 e. The van der Waals surface area contributed by atoms with Crippen LogP contribution in [0.4, 0.5) is 23.7 Å². The van der Waals surface area contributed by atoms with Crippen molar-refractivity contribution in [3.63, 3.8) is 0 Å². The van der Waals surface area contributed by atoms with E-state index in [1.54, 1.807) is 19.1 Å². The maximum absolute atomic E-state index is 12.7. The fourth-order valence-corrected chi connectivity index (χ4v) is 2.29. The van der Waals surface area contributed by atoms with Crippen LogP contribution in [-0.4, -0.2) is 12.3 Å². The van der Waals surface area contributed by atoms with Gasteiger partial charge in [0.25, 0.3) is 0 Å². The number of hydrogen-bond acceptors (Lipinski definition) is 2. The normalized spacial score (nSPS) is 12.6. The second-order valence-electron chi connectivity index (χ2n) is 6.16. The SMILES string of the molecule is CC(NC(=O)Nc1cccc(C(F)(F)F)c1)Oc1ccc(C(C)C)cc1. The maximum atomic E-state index is 12.7. The standard InChI is InChI=1S/C19H21F3N2O2/c1-12(2)14-7-9-17(10-8-14)26-13(3)23-18(25)24-16-6-4-5-15(11-16)19(20,21)22/h4-13H,1-3H3,(H2,23,24,25). The zero-order valence-corrected chi connectivity index (χ0v) is 14.7. The Morgan fingerprint density at radius 3 is 2.27 bits per heavy atom. The number of amides is 2. The smallest absolute Gasteiger partial charge is 0.416 e. The summed E-state index contributed by atoms with van der Waals surface area (Å²) in [5, 5.41) is 4.88. The van der Waals surface area contributed by atoms with Crippen molar-refractivity contribution in [3.05, 3.63) is 59.7 Å². The molecule has 2 rings (SSSR count). The number of halogens is 3. The lowest BCUT2D eigenvalue weighted by Gasteiger charge is -2.17. The monoisotopic (exact) mass is 366 g/mol. The fraction of sp³-hybridized carbons (Fsp3) is 0.316. The molecule has 2 aromatic carbocycles. The summed E-state index contributed by atoms with van der Waals surface area (Å²) in [6.45, 7) is 5.79. The molecule has 2 amide bonds. The summed E-state index contributed by atoms with van der Waals surface area (Å²) in [6.07, 6.45) is -5.13. The van der Waals surface area contributed by atoms with Gasteiger partial charge in [-0.2, -0.15) is 13.2 Å². The first kappa shape index (κ1) is 19.6. The summed E-state index contributed by atoms with van der Waals surface area (Å²) in [6, 6.07) is 11.3. The van der Waals surface area contributed by atoms with Gasteiger partial charge in [0.05, 0.1) is 5.56 Å². The van der Waals surface area contributed by atoms with Gasteiger partial charge in [0.1, 0.15) is 5.75 Å². The highest BCUT2D eigenvalue weighted by atomic mass is 19.4. The quantitative estimate of drug-likeness (QED) is 0.699. The number of nitrogens with one attached hydrogen (secondary N) is 2. The number of benzene rings is 2. The van der Waals surface area contributed by atoms with E-state index in [9.17, 15) is 18.0 Å². The molecule has 2 aromatic rings. The van der Waals surface area contributed by atoms with Gasteiger partial charge in [-0.25, -0.2) is 4.79 Å². The van der Waals surface area contributed by atoms with Gasteiger partial charge in [0, 0.05) is 5.69 Å². The Kier molecular flexibility index (Phi) is 6.13. The Balaban J connectivity index is 1.91. The lowest BCUT2D eigenvalue weighted by atomic mass is 10.0. The molecule has 1 atom stereocenters. The van der Waals surface area contributed by atoms with E-state index in [0.717, 1.165) is 12.1 Å². The van der Waals surface area contributed by atoms with E-state index in [1.807, 2.05) is 12.1 Å². The molecule has 0 fully saturated rings. The molecule has 140 valence electrons. The Hall–Kier alpha value is -2.70. The molecule has 0 aliphatic heterocycles. The molecule has 0 aliphatic rings. The van der Waals surface area contributed by atoms with Crippen LogP contribution in [0, 0.1) is 0 Å². The third kappa shape index (κ3) is 5.68. The Labute approximate surface area is 150 Å². The third-order valence-electron chi connectivity index (χ3n) is 3.64. The molecule has 0 radical (unpaired) electrons. The van der Waals surface area contributed by atoms with E-state index in [-0.39, 0.29) is 5.69 Å². The minimum Gasteiger partial charge on any atom is -0.471 e. The highest BCUT2D eigenvalue weighted by molar-refractivity contribution is 5.89. The number of alkyl halides is 3. The average molecular weight is 366 g/mol. The van der Waals surface area contributed by atoms with Gasteiger partial charge >= 0.3 is 12.2 Å². The molecule has 0 saturated carbocycles. The van der Waals surface area contributed by atoms with Gasteiger partial charge in [0.15, 0.2) is 6.23 Å². The average Bonchev–Trinajstić information content (AvgIpc) is 2.54. The number of carbonyl (C=O) groups excluding carboxylic acids is 1. The first-order valence-corrected chi connectivity index (χ1v) is 8.16. The van der Waals surface area contributed by atoms with Crippen molar-refractivity contribution >= 4 is 11.7 Å². The summed E-state index contributed by atoms with van der Waals surface area (Å²) in [5.74, 6) is 0.985. The zero-order valence-electron chi connectivity index (χ0n) is 14.7. The molecule has 0 heterocycles. The van der Waals surface area contributed by atoms with Gasteiger partial charge < -0.3 is 15.4 Å². The second kappa shape index (κ2) is 8.12.